The van der Waals surface area contributed by atoms with Crippen LogP contribution in [0.1, 0.15) is 16.7 Å². The average Bonchev–Trinajstić information content (AvgIpc) is 3.10. The Labute approximate surface area is 213 Å². The fourth-order valence-corrected chi connectivity index (χ4v) is 4.37. The zero-order valence-electron chi connectivity index (χ0n) is 18.5. The molecule has 0 aliphatic heterocycles. The molecule has 1 N–H and O–H groups in total. The Balaban J connectivity index is 1.36. The van der Waals surface area contributed by atoms with Crippen LogP contribution in [-0.2, 0) is 13.7 Å². The minimum atomic E-state index is 0.311. The molecule has 2 aromatic heterocycles. The lowest BCUT2D eigenvalue weighted by molar-refractivity contribution is 0.305. The summed E-state index contributed by atoms with van der Waals surface area (Å²) in [6, 6.07) is 20.1. The Bertz CT molecular complexity index is 1530. The van der Waals surface area contributed by atoms with Gasteiger partial charge in [0.05, 0.1) is 11.7 Å². The van der Waals surface area contributed by atoms with Crippen molar-refractivity contribution in [1.82, 2.24) is 19.7 Å². The van der Waals surface area contributed by atoms with E-state index >= 15 is 0 Å². The number of nitrogens with one attached hydrogen (secondary N) is 1. The van der Waals surface area contributed by atoms with Gasteiger partial charge in [-0.3, -0.25) is 0 Å². The van der Waals surface area contributed by atoms with E-state index in [0.717, 1.165) is 47.9 Å². The van der Waals surface area contributed by atoms with Gasteiger partial charge in [-0.25, -0.2) is 5.43 Å². The summed E-state index contributed by atoms with van der Waals surface area (Å²) in [6.07, 6.45) is 1.68. The maximum absolute atomic E-state index is 6.05. The lowest BCUT2D eigenvalue weighted by Crippen LogP contribution is -2.02. The summed E-state index contributed by atoms with van der Waals surface area (Å²) in [4.78, 5) is 4.60. The fourth-order valence-electron chi connectivity index (χ4n) is 3.63. The molecule has 0 atom stereocenters. The molecule has 0 amide bonds. The van der Waals surface area contributed by atoms with Gasteiger partial charge in [-0.15, -0.1) is 10.2 Å². The topological polar surface area (TPSA) is 77.2 Å². The summed E-state index contributed by atoms with van der Waals surface area (Å²) < 4.78 is 9.95. The van der Waals surface area contributed by atoms with Crippen LogP contribution in [-0.4, -0.2) is 26.0 Å². The van der Waals surface area contributed by atoms with Crippen LogP contribution in [0.5, 0.6) is 5.75 Å². The number of aromatic nitrogens is 4. The van der Waals surface area contributed by atoms with Crippen LogP contribution < -0.4 is 10.2 Å². The summed E-state index contributed by atoms with van der Waals surface area (Å²) in [5, 5.41) is 13.9. The Hall–Kier alpha value is -3.30. The Morgan fingerprint density at radius 2 is 1.76 bits per heavy atom. The molecule has 0 bridgehead atoms. The number of anilines is 1. The van der Waals surface area contributed by atoms with E-state index in [0.29, 0.717) is 12.6 Å². The van der Waals surface area contributed by atoms with Crippen LogP contribution in [0.3, 0.4) is 0 Å². The second-order valence-corrected chi connectivity index (χ2v) is 9.69. The van der Waals surface area contributed by atoms with Crippen molar-refractivity contribution in [2.75, 3.05) is 5.43 Å². The zero-order valence-corrected chi connectivity index (χ0v) is 21.6. The van der Waals surface area contributed by atoms with Gasteiger partial charge in [0.1, 0.15) is 17.9 Å². The number of fused-ring (bicyclic) bond motifs is 3. The predicted octanol–water partition coefficient (Wildman–Crippen LogP) is 6.37. The maximum Gasteiger partial charge on any atom is 0.265 e. The standard InChI is InChI=1S/C25H20Br2N6O/c1-15-3-5-16(6-4-15)14-34-22-10-8-18(26)11-17(22)13-28-31-25-29-24-23(30-32-25)20-12-19(27)7-9-21(20)33(24)2/h3-13H,14H2,1-2H3,(H,29,31,32)/b28-13+. The minimum absolute atomic E-state index is 0.311. The Morgan fingerprint density at radius 1 is 1.00 bits per heavy atom. The molecule has 3 aromatic carbocycles. The van der Waals surface area contributed by atoms with E-state index in [1.165, 1.54) is 5.56 Å². The Kier molecular flexibility index (Phi) is 6.30. The first-order valence-corrected chi connectivity index (χ1v) is 12.1. The predicted molar refractivity (Wildman–Crippen MR) is 142 cm³/mol. The molecule has 0 saturated heterocycles. The number of rotatable bonds is 6. The van der Waals surface area contributed by atoms with Crippen molar-refractivity contribution in [1.29, 1.82) is 0 Å². The molecule has 0 unspecified atom stereocenters. The van der Waals surface area contributed by atoms with Gasteiger partial charge in [-0.2, -0.15) is 10.1 Å². The highest BCUT2D eigenvalue weighted by molar-refractivity contribution is 9.10. The number of halogens is 2. The van der Waals surface area contributed by atoms with Crippen LogP contribution in [0.4, 0.5) is 5.95 Å². The van der Waals surface area contributed by atoms with Gasteiger partial charge < -0.3 is 9.30 Å². The van der Waals surface area contributed by atoms with E-state index < -0.39 is 0 Å². The molecule has 0 spiro atoms. The van der Waals surface area contributed by atoms with Crippen molar-refractivity contribution >= 4 is 66.1 Å². The summed E-state index contributed by atoms with van der Waals surface area (Å²) in [7, 11) is 1.96. The van der Waals surface area contributed by atoms with Gasteiger partial charge in [-0.05, 0) is 48.9 Å². The monoisotopic (exact) mass is 578 g/mol. The third-order valence-electron chi connectivity index (χ3n) is 5.42. The summed E-state index contributed by atoms with van der Waals surface area (Å²) >= 11 is 7.03. The van der Waals surface area contributed by atoms with Crippen LogP contribution >= 0.6 is 31.9 Å². The second-order valence-electron chi connectivity index (χ2n) is 7.85. The normalized spacial score (nSPS) is 11.5. The van der Waals surface area contributed by atoms with E-state index in [-0.39, 0.29) is 0 Å². The smallest absolute Gasteiger partial charge is 0.265 e. The zero-order chi connectivity index (χ0) is 23.7. The summed E-state index contributed by atoms with van der Waals surface area (Å²) in [5.74, 6) is 1.04. The van der Waals surface area contributed by atoms with Gasteiger partial charge in [0, 0.05) is 26.9 Å². The van der Waals surface area contributed by atoms with E-state index in [9.17, 15) is 0 Å². The van der Waals surface area contributed by atoms with Crippen molar-refractivity contribution in [3.8, 4) is 5.75 Å². The molecule has 9 heteroatoms. The minimum Gasteiger partial charge on any atom is -0.488 e. The van der Waals surface area contributed by atoms with Crippen LogP contribution in [0.25, 0.3) is 22.1 Å². The fraction of sp³-hybridized carbons (Fsp3) is 0.120. The highest BCUT2D eigenvalue weighted by Crippen LogP contribution is 2.28. The van der Waals surface area contributed by atoms with Crippen molar-refractivity contribution in [2.45, 2.75) is 13.5 Å². The highest BCUT2D eigenvalue weighted by Gasteiger charge is 2.13. The molecule has 7 nitrogen and oxygen atoms in total. The first-order chi connectivity index (χ1) is 16.5. The van der Waals surface area contributed by atoms with E-state index in [1.807, 2.05) is 48.0 Å². The van der Waals surface area contributed by atoms with Crippen molar-refractivity contribution in [2.24, 2.45) is 12.1 Å². The number of hydrogen-bond acceptors (Lipinski definition) is 6. The highest BCUT2D eigenvalue weighted by atomic mass is 79.9. The largest absolute Gasteiger partial charge is 0.488 e. The molecule has 34 heavy (non-hydrogen) atoms. The van der Waals surface area contributed by atoms with Gasteiger partial charge in [-0.1, -0.05) is 61.7 Å². The Morgan fingerprint density at radius 3 is 2.59 bits per heavy atom. The number of hydrogen-bond donors (Lipinski definition) is 1. The molecule has 0 aliphatic carbocycles. The van der Waals surface area contributed by atoms with Crippen LogP contribution in [0.15, 0.2) is 74.7 Å². The van der Waals surface area contributed by atoms with Crippen LogP contribution in [0.2, 0.25) is 0 Å². The SMILES string of the molecule is Cc1ccc(COc2ccc(Br)cc2/C=N/Nc2nnc3c4cc(Br)ccc4n(C)c3n2)cc1. The van der Waals surface area contributed by atoms with Crippen molar-refractivity contribution in [3.05, 3.63) is 86.3 Å². The number of nitrogens with zero attached hydrogens (tertiary/aromatic N) is 5. The third-order valence-corrected chi connectivity index (χ3v) is 6.40. The van der Waals surface area contributed by atoms with Gasteiger partial charge in [0.25, 0.3) is 5.95 Å². The number of ether oxygens (including phenoxy) is 1. The number of aryl methyl sites for hydroxylation is 2. The van der Waals surface area contributed by atoms with E-state index in [4.69, 9.17) is 4.74 Å². The molecule has 170 valence electrons. The first-order valence-electron chi connectivity index (χ1n) is 10.5. The second kappa shape index (κ2) is 9.52. The number of benzene rings is 3. The summed E-state index contributed by atoms with van der Waals surface area (Å²) in [6.45, 7) is 2.54. The maximum atomic E-state index is 6.05. The van der Waals surface area contributed by atoms with Crippen LogP contribution in [0, 0.1) is 6.92 Å². The lowest BCUT2D eigenvalue weighted by Gasteiger charge is -2.10. The molecular formula is C25H20Br2N6O. The molecule has 0 radical (unpaired) electrons. The molecule has 5 rings (SSSR count). The number of hydrazone groups is 1. The molecule has 0 saturated carbocycles. The summed E-state index contributed by atoms with van der Waals surface area (Å²) in [5.41, 5.74) is 8.53. The van der Waals surface area contributed by atoms with Gasteiger partial charge >= 0.3 is 0 Å². The molecule has 0 fully saturated rings. The molecule has 5 aromatic rings. The molecular weight excluding hydrogens is 560 g/mol. The lowest BCUT2D eigenvalue weighted by atomic mass is 10.1. The first kappa shape index (κ1) is 22.5. The van der Waals surface area contributed by atoms with Gasteiger partial charge in [0.15, 0.2) is 5.65 Å². The third kappa shape index (κ3) is 4.67. The van der Waals surface area contributed by atoms with Crippen molar-refractivity contribution in [3.63, 3.8) is 0 Å². The van der Waals surface area contributed by atoms with Crippen molar-refractivity contribution < 1.29 is 4.74 Å². The van der Waals surface area contributed by atoms with E-state index in [1.54, 1.807) is 6.21 Å². The van der Waals surface area contributed by atoms with Gasteiger partial charge in [0.2, 0.25) is 0 Å². The quantitative estimate of drug-likeness (QED) is 0.187. The van der Waals surface area contributed by atoms with E-state index in [2.05, 4.69) is 88.8 Å². The average molecular weight is 580 g/mol. The molecule has 2 heterocycles. The molecule has 0 aliphatic rings.